The number of nitrogens with zero attached hydrogens (tertiary/aromatic N) is 5. The molecular weight excluding hydrogens is 371 g/mol. The van der Waals surface area contributed by atoms with Crippen molar-refractivity contribution >= 4 is 34.9 Å². The Bertz CT molecular complexity index is 1090. The number of likely N-dealkylation sites (tertiary alicyclic amines) is 1. The molecule has 3 heterocycles. The second-order valence-electron chi connectivity index (χ2n) is 6.96. The van der Waals surface area contributed by atoms with Crippen molar-refractivity contribution in [3.63, 3.8) is 0 Å². The number of hydrogen-bond acceptors (Lipinski definition) is 5. The van der Waals surface area contributed by atoms with Crippen LogP contribution in [-0.4, -0.2) is 43.6 Å². The molecule has 2 aromatic heterocycles. The number of benzene rings is 1. The molecule has 1 amide bonds. The summed E-state index contributed by atoms with van der Waals surface area (Å²) < 4.78 is 15.0. The summed E-state index contributed by atoms with van der Waals surface area (Å²) in [5, 5.41) is 5.40. The molecule has 1 saturated heterocycles. The molecule has 1 atom stereocenters. The Morgan fingerprint density at radius 3 is 2.79 bits per heavy atom. The van der Waals surface area contributed by atoms with Crippen LogP contribution < -0.4 is 5.73 Å². The molecule has 4 rings (SSSR count). The molecule has 1 fully saturated rings. The number of nitrogens with two attached hydrogens (primary N) is 1. The number of carbonyl (C=O) groups is 1. The zero-order chi connectivity index (χ0) is 20.4. The van der Waals surface area contributed by atoms with Gasteiger partial charge in [0, 0.05) is 13.1 Å². The topological polar surface area (TPSA) is 89.9 Å². The van der Waals surface area contributed by atoms with Gasteiger partial charge in [-0.15, -0.1) is 0 Å². The maximum absolute atomic E-state index is 13.1. The van der Waals surface area contributed by atoms with Gasteiger partial charge in [-0.2, -0.15) is 5.10 Å². The number of fused-ring (bicyclic) bond motifs is 1. The monoisotopic (exact) mass is 392 g/mol. The first-order valence-corrected chi connectivity index (χ1v) is 9.40. The van der Waals surface area contributed by atoms with Gasteiger partial charge in [-0.25, -0.2) is 19.0 Å². The van der Waals surface area contributed by atoms with Gasteiger partial charge in [0.1, 0.15) is 18.0 Å². The van der Waals surface area contributed by atoms with Crippen molar-refractivity contribution in [1.29, 1.82) is 0 Å². The van der Waals surface area contributed by atoms with Crippen LogP contribution in [-0.2, 0) is 4.79 Å². The quantitative estimate of drug-likeness (QED) is 0.689. The number of anilines is 1. The van der Waals surface area contributed by atoms with Gasteiger partial charge in [0.05, 0.1) is 17.1 Å². The largest absolute Gasteiger partial charge is 0.383 e. The van der Waals surface area contributed by atoms with Crippen molar-refractivity contribution in [1.82, 2.24) is 24.6 Å². The van der Waals surface area contributed by atoms with Crippen LogP contribution >= 0.6 is 0 Å². The maximum atomic E-state index is 13.1. The standard InChI is InChI=1S/C21H21FN6O/c1-2-18(29)27-11-3-4-16(12-27)28-21-19(20(23)24-13-25-21)17(26-28)10-7-14-5-8-15(22)9-6-14/h2,5-10,13,16H,1,3-4,11-12H2,(H2,23,24,25). The molecule has 1 aliphatic rings. The molecule has 8 heteroatoms. The van der Waals surface area contributed by atoms with Crippen LogP contribution in [0.25, 0.3) is 23.2 Å². The summed E-state index contributed by atoms with van der Waals surface area (Å²) in [6.07, 6.45) is 8.16. The van der Waals surface area contributed by atoms with Crippen molar-refractivity contribution < 1.29 is 9.18 Å². The fourth-order valence-electron chi connectivity index (χ4n) is 3.63. The van der Waals surface area contributed by atoms with Crippen molar-refractivity contribution in [2.45, 2.75) is 18.9 Å². The first-order chi connectivity index (χ1) is 14.1. The number of amides is 1. The summed E-state index contributed by atoms with van der Waals surface area (Å²) in [6, 6.07) is 6.16. The van der Waals surface area contributed by atoms with Gasteiger partial charge < -0.3 is 10.6 Å². The Morgan fingerprint density at radius 1 is 1.24 bits per heavy atom. The first kappa shape index (κ1) is 18.8. The average Bonchev–Trinajstić information content (AvgIpc) is 3.13. The Kier molecular flexibility index (Phi) is 5.07. The van der Waals surface area contributed by atoms with E-state index in [0.29, 0.717) is 35.6 Å². The third-order valence-electron chi connectivity index (χ3n) is 5.08. The Balaban J connectivity index is 1.72. The molecule has 7 nitrogen and oxygen atoms in total. The highest BCUT2D eigenvalue weighted by Gasteiger charge is 2.27. The van der Waals surface area contributed by atoms with Crippen LogP contribution in [0.1, 0.15) is 30.1 Å². The van der Waals surface area contributed by atoms with Crippen LogP contribution in [0, 0.1) is 5.82 Å². The highest BCUT2D eigenvalue weighted by Crippen LogP contribution is 2.29. The van der Waals surface area contributed by atoms with Crippen molar-refractivity contribution in [3.8, 4) is 0 Å². The molecule has 0 saturated carbocycles. The van der Waals surface area contributed by atoms with E-state index in [2.05, 4.69) is 16.5 Å². The van der Waals surface area contributed by atoms with Gasteiger partial charge in [0.15, 0.2) is 5.65 Å². The van der Waals surface area contributed by atoms with Gasteiger partial charge in [-0.05, 0) is 42.7 Å². The van der Waals surface area contributed by atoms with Crippen LogP contribution in [0.4, 0.5) is 10.2 Å². The van der Waals surface area contributed by atoms with E-state index >= 15 is 0 Å². The van der Waals surface area contributed by atoms with E-state index in [1.165, 1.54) is 24.5 Å². The van der Waals surface area contributed by atoms with Gasteiger partial charge in [-0.1, -0.05) is 24.8 Å². The molecule has 0 radical (unpaired) electrons. The summed E-state index contributed by atoms with van der Waals surface area (Å²) in [7, 11) is 0. The predicted octanol–water partition coefficient (Wildman–Crippen LogP) is 3.07. The highest BCUT2D eigenvalue weighted by atomic mass is 19.1. The smallest absolute Gasteiger partial charge is 0.246 e. The Hall–Kier alpha value is -3.55. The molecule has 29 heavy (non-hydrogen) atoms. The zero-order valence-electron chi connectivity index (χ0n) is 15.8. The molecule has 1 aromatic carbocycles. The van der Waals surface area contributed by atoms with E-state index in [4.69, 9.17) is 10.8 Å². The van der Waals surface area contributed by atoms with Crippen LogP contribution in [0.3, 0.4) is 0 Å². The molecule has 1 aliphatic heterocycles. The summed E-state index contributed by atoms with van der Waals surface area (Å²) in [5.41, 5.74) is 8.23. The van der Waals surface area contributed by atoms with E-state index in [1.807, 2.05) is 16.8 Å². The average molecular weight is 392 g/mol. The van der Waals surface area contributed by atoms with E-state index in [9.17, 15) is 9.18 Å². The number of nitrogen functional groups attached to an aromatic ring is 1. The van der Waals surface area contributed by atoms with Gasteiger partial charge in [0.25, 0.3) is 0 Å². The van der Waals surface area contributed by atoms with Crippen LogP contribution in [0.2, 0.25) is 0 Å². The van der Waals surface area contributed by atoms with E-state index in [-0.39, 0.29) is 17.8 Å². The molecular formula is C21H21FN6O. The maximum Gasteiger partial charge on any atom is 0.246 e. The number of hydrogen-bond donors (Lipinski definition) is 1. The second-order valence-corrected chi connectivity index (χ2v) is 6.96. The summed E-state index contributed by atoms with van der Waals surface area (Å²) in [5.74, 6) is -0.0305. The zero-order valence-corrected chi connectivity index (χ0v) is 15.8. The number of halogens is 1. The lowest BCUT2D eigenvalue weighted by molar-refractivity contribution is -0.127. The van der Waals surface area contributed by atoms with Gasteiger partial charge in [-0.3, -0.25) is 4.79 Å². The lowest BCUT2D eigenvalue weighted by Crippen LogP contribution is -2.40. The molecule has 0 spiro atoms. The minimum Gasteiger partial charge on any atom is -0.383 e. The molecule has 3 aromatic rings. The number of piperidine rings is 1. The number of rotatable bonds is 4. The molecule has 0 bridgehead atoms. The lowest BCUT2D eigenvalue weighted by Gasteiger charge is -2.32. The third kappa shape index (κ3) is 3.73. The van der Waals surface area contributed by atoms with Gasteiger partial charge >= 0.3 is 0 Å². The first-order valence-electron chi connectivity index (χ1n) is 9.40. The van der Waals surface area contributed by atoms with E-state index in [1.54, 1.807) is 17.0 Å². The Morgan fingerprint density at radius 2 is 2.03 bits per heavy atom. The Labute approximate surface area is 167 Å². The molecule has 148 valence electrons. The fourth-order valence-corrected chi connectivity index (χ4v) is 3.63. The van der Waals surface area contributed by atoms with Crippen LogP contribution in [0.5, 0.6) is 0 Å². The fraction of sp³-hybridized carbons (Fsp3) is 0.238. The second kappa shape index (κ2) is 7.83. The van der Waals surface area contributed by atoms with Crippen LogP contribution in [0.15, 0.2) is 43.2 Å². The van der Waals surface area contributed by atoms with Crippen molar-refractivity contribution in [2.75, 3.05) is 18.8 Å². The molecule has 0 aliphatic carbocycles. The lowest BCUT2D eigenvalue weighted by atomic mass is 10.1. The molecule has 1 unspecified atom stereocenters. The SMILES string of the molecule is C=CC(=O)N1CCCC(n2nc(C=Cc3ccc(F)cc3)c3c(N)ncnc32)C1. The number of aromatic nitrogens is 4. The minimum absolute atomic E-state index is 0.0163. The summed E-state index contributed by atoms with van der Waals surface area (Å²) >= 11 is 0. The molecule has 2 N–H and O–H groups in total. The number of carbonyl (C=O) groups excluding carboxylic acids is 1. The van der Waals surface area contributed by atoms with E-state index < -0.39 is 0 Å². The summed E-state index contributed by atoms with van der Waals surface area (Å²) in [4.78, 5) is 22.3. The summed E-state index contributed by atoms with van der Waals surface area (Å²) in [6.45, 7) is 4.81. The normalized spacial score (nSPS) is 17.1. The van der Waals surface area contributed by atoms with Gasteiger partial charge in [0.2, 0.25) is 5.91 Å². The van der Waals surface area contributed by atoms with Crippen molar-refractivity contribution in [3.05, 3.63) is 60.3 Å². The predicted molar refractivity (Wildman–Crippen MR) is 110 cm³/mol. The van der Waals surface area contributed by atoms with E-state index in [0.717, 1.165) is 18.4 Å². The van der Waals surface area contributed by atoms with Crippen molar-refractivity contribution in [2.24, 2.45) is 0 Å². The highest BCUT2D eigenvalue weighted by molar-refractivity contribution is 5.94. The minimum atomic E-state index is -0.287. The third-order valence-corrected chi connectivity index (χ3v) is 5.08.